The van der Waals surface area contributed by atoms with E-state index in [1.807, 2.05) is 33.8 Å². The van der Waals surface area contributed by atoms with Crippen LogP contribution in [0.15, 0.2) is 77.4 Å². The molecule has 0 amide bonds. The minimum Gasteiger partial charge on any atom is -0.529 e. The third-order valence-corrected chi connectivity index (χ3v) is 5.60. The molecular weight excluding hydrogens is 761 g/mol. The summed E-state index contributed by atoms with van der Waals surface area (Å²) in [5.41, 5.74) is 0. The van der Waals surface area contributed by atoms with Crippen LogP contribution in [-0.2, 0) is 37.8 Å². The summed E-state index contributed by atoms with van der Waals surface area (Å²) < 4.78 is 17.3. The highest BCUT2D eigenvalue weighted by atomic mass is 28.2. The van der Waals surface area contributed by atoms with Gasteiger partial charge in [-0.3, -0.25) is 19.2 Å². The number of allylic oxidation sites excluding steroid dienone is 2. The summed E-state index contributed by atoms with van der Waals surface area (Å²) in [7, 11) is 1.87. The first-order chi connectivity index (χ1) is 26.5. The molecule has 0 aliphatic carbocycles. The molecule has 0 N–H and O–H groups in total. The lowest BCUT2D eigenvalue weighted by Gasteiger charge is -2.08. The van der Waals surface area contributed by atoms with Crippen molar-refractivity contribution in [2.24, 2.45) is 11.8 Å². The summed E-state index contributed by atoms with van der Waals surface area (Å²) in [4.78, 5) is 39.1. The van der Waals surface area contributed by atoms with Crippen LogP contribution in [0.1, 0.15) is 183 Å². The van der Waals surface area contributed by atoms with Gasteiger partial charge < -0.3 is 18.6 Å². The van der Waals surface area contributed by atoms with E-state index in [1.165, 1.54) is 85.8 Å². The van der Waals surface area contributed by atoms with E-state index in [1.54, 1.807) is 6.08 Å². The fourth-order valence-corrected chi connectivity index (χ4v) is 1.82. The Kier molecular flexibility index (Phi) is 241. The van der Waals surface area contributed by atoms with Crippen molar-refractivity contribution in [3.05, 3.63) is 77.4 Å². The van der Waals surface area contributed by atoms with Crippen molar-refractivity contribution in [3.8, 4) is 0 Å². The van der Waals surface area contributed by atoms with Crippen molar-refractivity contribution < 1.29 is 37.8 Å². The van der Waals surface area contributed by atoms with Crippen molar-refractivity contribution in [3.63, 3.8) is 0 Å². The Hall–Kier alpha value is -3.25. The van der Waals surface area contributed by atoms with E-state index in [0.717, 1.165) is 24.7 Å². The van der Waals surface area contributed by atoms with E-state index in [0.29, 0.717) is 23.7 Å². The predicted molar refractivity (Wildman–Crippen MR) is 277 cm³/mol. The highest BCUT2D eigenvalue weighted by molar-refractivity contribution is 6.04. The number of rotatable bonds is 11. The molecular formula is C48H110O8Si2. The summed E-state index contributed by atoms with van der Waals surface area (Å²) >= 11 is 0. The molecule has 0 aromatic heterocycles. The van der Waals surface area contributed by atoms with Crippen LogP contribution < -0.4 is 0 Å². The summed E-state index contributed by atoms with van der Waals surface area (Å²) in [5, 5.41) is 0. The first-order valence-corrected chi connectivity index (χ1v) is 20.9. The summed E-state index contributed by atoms with van der Waals surface area (Å²) in [6.07, 6.45) is 16.6. The van der Waals surface area contributed by atoms with E-state index < -0.39 is 0 Å². The second-order valence-electron chi connectivity index (χ2n) is 10.0. The Labute approximate surface area is 374 Å². The van der Waals surface area contributed by atoms with Gasteiger partial charge in [-0.15, -0.1) is 52.6 Å². The Morgan fingerprint density at radius 3 is 0.948 bits per heavy atom. The lowest BCUT2D eigenvalue weighted by atomic mass is 9.98. The molecule has 0 radical (unpaired) electrons. The van der Waals surface area contributed by atoms with Crippen LogP contribution in [-0.4, -0.2) is 65.7 Å². The molecule has 10 heteroatoms. The lowest BCUT2D eigenvalue weighted by Crippen LogP contribution is -1.98. The molecule has 0 aromatic carbocycles. The standard InChI is InChI=1S/C8H18.C6H14.C5H10O2.C5H8O2.C4H8.C3H6O2.C3H8.C3H6.C2H6O2Si.C2H6.3C2H4.CH4.H4Si/c1-4-7-8(5-2)6-3;1-4-6(3)5-2;2*1-3-4-7-5(2)6;1-3-4-2;1-3(4)5-2;2*1-3-2;1-2(3)4-5;4*1-2;;/h8H,4-7H2,1-3H3;6H,4-5H2,1-3H3;3-4H2,1-2H3;3H,1,4H2,2H3;3H,1,4H2,2H3;1-2H3;3H2,1-2H3;3H,1H2,2H3;1,5H3;1-2H3;3*1-2H2;2*1H4. The number of ether oxygens (including phenoxy) is 3. The van der Waals surface area contributed by atoms with Crippen LogP contribution in [0.5, 0.6) is 0 Å². The van der Waals surface area contributed by atoms with Crippen LogP contribution in [0.4, 0.5) is 0 Å². The molecule has 0 aliphatic rings. The maximum absolute atomic E-state index is 9.98. The van der Waals surface area contributed by atoms with E-state index in [2.05, 4.69) is 140 Å². The molecule has 0 rings (SSSR count). The fourth-order valence-electron chi connectivity index (χ4n) is 1.82. The first-order valence-electron chi connectivity index (χ1n) is 20.1. The fraction of sp³-hybridized carbons (Fsp3) is 0.667. The van der Waals surface area contributed by atoms with Gasteiger partial charge in [0.2, 0.25) is 10.5 Å². The average molecular weight is 872 g/mol. The van der Waals surface area contributed by atoms with Gasteiger partial charge in [-0.05, 0) is 42.6 Å². The van der Waals surface area contributed by atoms with Gasteiger partial charge >= 0.3 is 17.9 Å². The summed E-state index contributed by atoms with van der Waals surface area (Å²) in [6.45, 7) is 62.3. The third-order valence-electron chi connectivity index (χ3n) is 5.02. The van der Waals surface area contributed by atoms with Crippen molar-refractivity contribution >= 4 is 45.3 Å². The van der Waals surface area contributed by atoms with Gasteiger partial charge in [0.05, 0.1) is 13.7 Å². The number of carbonyl (C=O) groups is 4. The van der Waals surface area contributed by atoms with Gasteiger partial charge in [-0.25, -0.2) is 0 Å². The largest absolute Gasteiger partial charge is 0.529 e. The average Bonchev–Trinajstić information content (AvgIpc) is 3.22. The first kappa shape index (κ1) is 100. The van der Waals surface area contributed by atoms with E-state index in [4.69, 9.17) is 0 Å². The zero-order valence-corrected chi connectivity index (χ0v) is 43.3. The maximum Gasteiger partial charge on any atom is 0.302 e. The van der Waals surface area contributed by atoms with E-state index >= 15 is 0 Å². The van der Waals surface area contributed by atoms with Crippen molar-refractivity contribution in [1.82, 2.24) is 0 Å². The van der Waals surface area contributed by atoms with Gasteiger partial charge in [0, 0.05) is 27.7 Å². The highest BCUT2D eigenvalue weighted by Crippen LogP contribution is 2.13. The van der Waals surface area contributed by atoms with Crippen LogP contribution in [0.2, 0.25) is 0 Å². The van der Waals surface area contributed by atoms with Crippen LogP contribution in [0.25, 0.3) is 0 Å². The maximum atomic E-state index is 9.98. The Morgan fingerprint density at radius 1 is 0.621 bits per heavy atom. The molecule has 0 aromatic rings. The minimum absolute atomic E-state index is 0. The molecule has 0 aliphatic heterocycles. The highest BCUT2D eigenvalue weighted by Gasteiger charge is 1.98. The van der Waals surface area contributed by atoms with Gasteiger partial charge in [-0.2, -0.15) is 0 Å². The van der Waals surface area contributed by atoms with Crippen LogP contribution in [0.3, 0.4) is 0 Å². The van der Waals surface area contributed by atoms with Gasteiger partial charge in [0.25, 0.3) is 5.97 Å². The van der Waals surface area contributed by atoms with Crippen molar-refractivity contribution in [2.45, 2.75) is 183 Å². The molecule has 8 nitrogen and oxygen atoms in total. The topological polar surface area (TPSA) is 105 Å². The van der Waals surface area contributed by atoms with Crippen molar-refractivity contribution in [2.75, 3.05) is 20.3 Å². The molecule has 358 valence electrons. The SMILES string of the molecule is C.C=C.C=C.C=C.C=CC.C=CCC.C=CCOC(C)=O.CC.CC(=O)O[SiH3].CCC.CCC(C)CC.CCCC(CC)CC.CCCOC(C)=O.COC(C)=O.[SiH4]. The van der Waals surface area contributed by atoms with Gasteiger partial charge in [0.15, 0.2) is 0 Å². The molecule has 0 saturated heterocycles. The number of hydrogen-bond donors (Lipinski definition) is 0. The molecule has 0 spiro atoms. The number of carbonyl (C=O) groups excluding carboxylic acids is 4. The lowest BCUT2D eigenvalue weighted by molar-refractivity contribution is -0.141. The predicted octanol–water partition coefficient (Wildman–Crippen LogP) is 13.2. The molecule has 0 heterocycles. The monoisotopic (exact) mass is 871 g/mol. The van der Waals surface area contributed by atoms with Gasteiger partial charge in [-0.1, -0.05) is 160 Å². The van der Waals surface area contributed by atoms with Crippen LogP contribution in [0, 0.1) is 11.8 Å². The minimum atomic E-state index is -0.264. The molecule has 0 fully saturated rings. The zero-order chi connectivity index (χ0) is 48.2. The molecule has 0 saturated carbocycles. The molecule has 0 atom stereocenters. The molecule has 0 bridgehead atoms. The Balaban J connectivity index is -0.0000000272. The van der Waals surface area contributed by atoms with Gasteiger partial charge in [0.1, 0.15) is 6.61 Å². The van der Waals surface area contributed by atoms with E-state index in [-0.39, 0.29) is 42.3 Å². The number of hydrogen-bond acceptors (Lipinski definition) is 8. The summed E-state index contributed by atoms with van der Waals surface area (Å²) in [6, 6.07) is 0. The normalized spacial score (nSPS) is 6.90. The number of esters is 3. The van der Waals surface area contributed by atoms with Crippen molar-refractivity contribution in [1.29, 1.82) is 0 Å². The second-order valence-corrected chi connectivity index (χ2v) is 10.4. The third kappa shape index (κ3) is 328. The summed E-state index contributed by atoms with van der Waals surface area (Å²) in [5.74, 6) is 1.05. The quantitative estimate of drug-likeness (QED) is 0.0875. The smallest absolute Gasteiger partial charge is 0.302 e. The Morgan fingerprint density at radius 2 is 0.897 bits per heavy atom. The van der Waals surface area contributed by atoms with Crippen LogP contribution >= 0.6 is 0 Å². The number of methoxy groups -OCH3 is 1. The molecule has 58 heavy (non-hydrogen) atoms. The zero-order valence-electron chi connectivity index (χ0n) is 41.3. The molecule has 0 unspecified atom stereocenters. The Bertz CT molecular complexity index is 662. The van der Waals surface area contributed by atoms with E-state index in [9.17, 15) is 19.2 Å². The second kappa shape index (κ2) is 139.